The molecule has 4 nitrogen and oxygen atoms in total. The van der Waals surface area contributed by atoms with Gasteiger partial charge in [0.1, 0.15) is 0 Å². The minimum atomic E-state index is -0.717. The Hall–Kier alpha value is -1.13. The minimum Gasteiger partial charge on any atom is -0.460 e. The number of rotatable bonds is 0. The molecule has 1 aliphatic heterocycles. The van der Waals surface area contributed by atoms with Crippen molar-refractivity contribution in [3.05, 3.63) is 24.3 Å². The van der Waals surface area contributed by atoms with E-state index in [4.69, 9.17) is 4.74 Å². The van der Waals surface area contributed by atoms with Crippen LogP contribution in [0.3, 0.4) is 0 Å². The van der Waals surface area contributed by atoms with Crippen LogP contribution in [0.1, 0.15) is 39.0 Å². The fourth-order valence-electron chi connectivity index (χ4n) is 3.10. The summed E-state index contributed by atoms with van der Waals surface area (Å²) in [6.07, 6.45) is 9.87. The number of cyclic esters (lactones) is 1. The fraction of sp³-hybridized carbons (Fsp3) is 0.688. The molecule has 0 spiro atoms. The van der Waals surface area contributed by atoms with Crippen LogP contribution in [-0.4, -0.2) is 34.5 Å². The van der Waals surface area contributed by atoms with Gasteiger partial charge in [-0.25, -0.2) is 4.79 Å². The molecule has 1 aliphatic carbocycles. The highest BCUT2D eigenvalue weighted by molar-refractivity contribution is 5.82. The molecule has 0 saturated heterocycles. The molecule has 0 aromatic rings. The molecule has 4 heteroatoms. The lowest BCUT2D eigenvalue weighted by Crippen LogP contribution is -2.21. The van der Waals surface area contributed by atoms with Crippen LogP contribution in [-0.2, 0) is 9.53 Å². The number of hydrogen-bond acceptors (Lipinski definition) is 4. The molecule has 1 saturated carbocycles. The SMILES string of the molecule is C[C@H]1CCC/C=C\[C@@H]2C[C@H](O)C[C@@H]2[C@@H](O)C=CC(=O)O1. The Kier molecular flexibility index (Phi) is 5.38. The highest BCUT2D eigenvalue weighted by atomic mass is 16.5. The van der Waals surface area contributed by atoms with Gasteiger partial charge in [0.15, 0.2) is 0 Å². The molecule has 20 heavy (non-hydrogen) atoms. The molecule has 0 unspecified atom stereocenters. The van der Waals surface area contributed by atoms with Crippen molar-refractivity contribution in [3.63, 3.8) is 0 Å². The number of carbonyl (C=O) groups is 1. The van der Waals surface area contributed by atoms with Crippen molar-refractivity contribution in [2.75, 3.05) is 0 Å². The second-order valence-electron chi connectivity index (χ2n) is 5.91. The average Bonchev–Trinajstić information content (AvgIpc) is 2.76. The number of fused-ring (bicyclic) bond motifs is 1. The van der Waals surface area contributed by atoms with Gasteiger partial charge in [0, 0.05) is 6.08 Å². The van der Waals surface area contributed by atoms with Gasteiger partial charge in [-0.05, 0) is 56.9 Å². The van der Waals surface area contributed by atoms with Crippen molar-refractivity contribution in [3.8, 4) is 0 Å². The summed E-state index contributed by atoms with van der Waals surface area (Å²) in [7, 11) is 0. The molecule has 2 aliphatic rings. The summed E-state index contributed by atoms with van der Waals surface area (Å²) in [6, 6.07) is 0. The molecule has 0 amide bonds. The molecule has 2 rings (SSSR count). The lowest BCUT2D eigenvalue weighted by atomic mass is 9.90. The first-order valence-corrected chi connectivity index (χ1v) is 7.48. The zero-order valence-electron chi connectivity index (χ0n) is 11.9. The molecule has 1 fully saturated rings. The highest BCUT2D eigenvalue weighted by Crippen LogP contribution is 2.36. The molecular weight excluding hydrogens is 256 g/mol. The molecule has 0 radical (unpaired) electrons. The Morgan fingerprint density at radius 3 is 2.85 bits per heavy atom. The highest BCUT2D eigenvalue weighted by Gasteiger charge is 2.35. The van der Waals surface area contributed by atoms with Gasteiger partial charge in [-0.3, -0.25) is 0 Å². The molecule has 2 N–H and O–H groups in total. The molecule has 112 valence electrons. The third-order valence-electron chi connectivity index (χ3n) is 4.19. The number of aliphatic hydroxyl groups is 2. The summed E-state index contributed by atoms with van der Waals surface area (Å²) in [5.41, 5.74) is 0. The van der Waals surface area contributed by atoms with Gasteiger partial charge in [-0.15, -0.1) is 0 Å². The van der Waals surface area contributed by atoms with Crippen molar-refractivity contribution >= 4 is 5.97 Å². The number of hydrogen-bond donors (Lipinski definition) is 2. The molecule has 5 atom stereocenters. The number of esters is 1. The van der Waals surface area contributed by atoms with E-state index in [1.165, 1.54) is 12.2 Å². The third-order valence-corrected chi connectivity index (χ3v) is 4.19. The predicted octanol–water partition coefficient (Wildman–Crippen LogP) is 1.96. The van der Waals surface area contributed by atoms with Crippen molar-refractivity contribution < 1.29 is 19.7 Å². The maximum atomic E-state index is 11.6. The zero-order chi connectivity index (χ0) is 14.5. The lowest BCUT2D eigenvalue weighted by Gasteiger charge is -2.19. The van der Waals surface area contributed by atoms with Gasteiger partial charge in [0.2, 0.25) is 0 Å². The van der Waals surface area contributed by atoms with Crippen molar-refractivity contribution in [2.24, 2.45) is 11.8 Å². The number of ether oxygens (including phenoxy) is 1. The van der Waals surface area contributed by atoms with Crippen LogP contribution in [0, 0.1) is 11.8 Å². The van der Waals surface area contributed by atoms with Gasteiger partial charge in [-0.2, -0.15) is 0 Å². The van der Waals surface area contributed by atoms with E-state index in [0.717, 1.165) is 19.3 Å². The monoisotopic (exact) mass is 280 g/mol. The summed E-state index contributed by atoms with van der Waals surface area (Å²) < 4.78 is 5.23. The van der Waals surface area contributed by atoms with Crippen LogP contribution in [0.4, 0.5) is 0 Å². The van der Waals surface area contributed by atoms with Crippen LogP contribution in [0.25, 0.3) is 0 Å². The smallest absolute Gasteiger partial charge is 0.330 e. The van der Waals surface area contributed by atoms with Crippen LogP contribution in [0.5, 0.6) is 0 Å². The fourth-order valence-corrected chi connectivity index (χ4v) is 3.10. The van der Waals surface area contributed by atoms with E-state index in [-0.39, 0.29) is 24.0 Å². The summed E-state index contributed by atoms with van der Waals surface area (Å²) in [5.74, 6) is -0.249. The quantitative estimate of drug-likeness (QED) is 0.526. The van der Waals surface area contributed by atoms with E-state index < -0.39 is 12.1 Å². The van der Waals surface area contributed by atoms with E-state index in [1.807, 2.05) is 6.92 Å². The summed E-state index contributed by atoms with van der Waals surface area (Å²) in [6.45, 7) is 1.89. The molecule has 0 aromatic heterocycles. The van der Waals surface area contributed by atoms with Crippen LogP contribution >= 0.6 is 0 Å². The van der Waals surface area contributed by atoms with Crippen LogP contribution < -0.4 is 0 Å². The van der Waals surface area contributed by atoms with E-state index >= 15 is 0 Å². The Balaban J connectivity index is 2.11. The van der Waals surface area contributed by atoms with Crippen molar-refractivity contribution in [1.82, 2.24) is 0 Å². The summed E-state index contributed by atoms with van der Waals surface area (Å²) in [5, 5.41) is 20.0. The standard InChI is InChI=1S/C16H24O4/c1-11-5-3-2-4-6-12-9-13(17)10-14(12)15(18)7-8-16(19)20-11/h4,6-8,11-15,17-18H,2-3,5,9-10H2,1H3/b6-4-,8-7?/t11-,12+,13-,14-,15-/m0/s1. The van der Waals surface area contributed by atoms with E-state index in [0.29, 0.717) is 12.8 Å². The average molecular weight is 280 g/mol. The molecule has 0 aromatic carbocycles. The van der Waals surface area contributed by atoms with Gasteiger partial charge in [-0.1, -0.05) is 12.2 Å². The Morgan fingerprint density at radius 2 is 2.05 bits per heavy atom. The maximum absolute atomic E-state index is 11.6. The number of carbonyl (C=O) groups excluding carboxylic acids is 1. The summed E-state index contributed by atoms with van der Waals surface area (Å²) in [4.78, 5) is 11.6. The predicted molar refractivity (Wildman–Crippen MR) is 75.9 cm³/mol. The Labute approximate surface area is 120 Å². The maximum Gasteiger partial charge on any atom is 0.330 e. The van der Waals surface area contributed by atoms with Crippen LogP contribution in [0.2, 0.25) is 0 Å². The van der Waals surface area contributed by atoms with Gasteiger partial charge in [0.25, 0.3) is 0 Å². The van der Waals surface area contributed by atoms with E-state index in [9.17, 15) is 15.0 Å². The molecule has 1 heterocycles. The second-order valence-corrected chi connectivity index (χ2v) is 5.91. The lowest BCUT2D eigenvalue weighted by molar-refractivity contribution is -0.142. The van der Waals surface area contributed by atoms with Crippen molar-refractivity contribution in [1.29, 1.82) is 0 Å². The number of aliphatic hydroxyl groups excluding tert-OH is 2. The topological polar surface area (TPSA) is 66.8 Å². The Morgan fingerprint density at radius 1 is 1.25 bits per heavy atom. The van der Waals surface area contributed by atoms with Crippen molar-refractivity contribution in [2.45, 2.75) is 57.3 Å². The second kappa shape index (κ2) is 7.04. The third kappa shape index (κ3) is 4.18. The van der Waals surface area contributed by atoms with Gasteiger partial charge < -0.3 is 14.9 Å². The first kappa shape index (κ1) is 15.3. The first-order valence-electron chi connectivity index (χ1n) is 7.48. The largest absolute Gasteiger partial charge is 0.460 e. The normalized spacial score (nSPS) is 41.0. The van der Waals surface area contributed by atoms with Crippen LogP contribution in [0.15, 0.2) is 24.3 Å². The number of allylic oxidation sites excluding steroid dienone is 2. The Bertz CT molecular complexity index is 388. The zero-order valence-corrected chi connectivity index (χ0v) is 11.9. The molecular formula is C16H24O4. The van der Waals surface area contributed by atoms with Gasteiger partial charge in [0.05, 0.1) is 18.3 Å². The minimum absolute atomic E-state index is 0.0246. The van der Waals surface area contributed by atoms with Gasteiger partial charge >= 0.3 is 5.97 Å². The first-order chi connectivity index (χ1) is 9.56. The summed E-state index contributed by atoms with van der Waals surface area (Å²) >= 11 is 0. The molecule has 0 bridgehead atoms. The van der Waals surface area contributed by atoms with E-state index in [2.05, 4.69) is 12.2 Å². The van der Waals surface area contributed by atoms with E-state index in [1.54, 1.807) is 0 Å².